The van der Waals surface area contributed by atoms with Gasteiger partial charge < -0.3 is 16.2 Å². The average molecular weight is 309 g/mol. The fourth-order valence-electron chi connectivity index (χ4n) is 1.80. The number of anilines is 1. The Balaban J connectivity index is 2.02. The number of phenols is 1. The van der Waals surface area contributed by atoms with E-state index in [0.717, 1.165) is 5.56 Å². The molecule has 0 fully saturated rings. The summed E-state index contributed by atoms with van der Waals surface area (Å²) in [5.41, 5.74) is 6.58. The van der Waals surface area contributed by atoms with Gasteiger partial charge in [0, 0.05) is 0 Å². The highest BCUT2D eigenvalue weighted by molar-refractivity contribution is 6.31. The topological polar surface area (TPSA) is 75.3 Å². The first kappa shape index (κ1) is 15.3. The molecule has 6 heteroatoms. The van der Waals surface area contributed by atoms with Crippen LogP contribution in [-0.4, -0.2) is 17.1 Å². The standard InChI is InChI=1S/C15H14ClFN2O2/c16-11-2-1-3-13(14(11)17)19-15(21)12(18)8-9-4-6-10(20)7-5-9/h1-7,12,20H,8,18H2,(H,19,21)/t12-/m1/s1. The predicted octanol–water partition coefficient (Wildman–Crippen LogP) is 2.69. The second kappa shape index (κ2) is 6.56. The molecule has 0 saturated heterocycles. The lowest BCUT2D eigenvalue weighted by molar-refractivity contribution is -0.117. The number of benzene rings is 2. The maximum Gasteiger partial charge on any atom is 0.241 e. The van der Waals surface area contributed by atoms with Crippen LogP contribution >= 0.6 is 11.6 Å². The molecule has 0 aliphatic heterocycles. The lowest BCUT2D eigenvalue weighted by Gasteiger charge is -2.13. The van der Waals surface area contributed by atoms with Gasteiger partial charge >= 0.3 is 0 Å². The van der Waals surface area contributed by atoms with Gasteiger partial charge in [-0.2, -0.15) is 0 Å². The van der Waals surface area contributed by atoms with Crippen molar-refractivity contribution in [2.24, 2.45) is 5.73 Å². The Morgan fingerprint density at radius 2 is 1.95 bits per heavy atom. The van der Waals surface area contributed by atoms with Crippen LogP contribution in [0.2, 0.25) is 5.02 Å². The van der Waals surface area contributed by atoms with Crippen molar-refractivity contribution in [1.82, 2.24) is 0 Å². The molecule has 0 aliphatic carbocycles. The van der Waals surface area contributed by atoms with Crippen LogP contribution in [0.5, 0.6) is 5.75 Å². The molecule has 0 spiro atoms. The Bertz CT molecular complexity index is 647. The molecule has 0 unspecified atom stereocenters. The van der Waals surface area contributed by atoms with E-state index in [0.29, 0.717) is 0 Å². The summed E-state index contributed by atoms with van der Waals surface area (Å²) in [5.74, 6) is -1.06. The third-order valence-electron chi connectivity index (χ3n) is 2.94. The number of aromatic hydroxyl groups is 1. The number of carbonyl (C=O) groups excluding carboxylic acids is 1. The predicted molar refractivity (Wildman–Crippen MR) is 79.8 cm³/mol. The molecule has 21 heavy (non-hydrogen) atoms. The van der Waals surface area contributed by atoms with E-state index in [1.165, 1.54) is 30.3 Å². The number of carbonyl (C=O) groups is 1. The van der Waals surface area contributed by atoms with Gasteiger partial charge in [0.05, 0.1) is 16.8 Å². The maximum absolute atomic E-state index is 13.7. The summed E-state index contributed by atoms with van der Waals surface area (Å²) in [7, 11) is 0. The number of amides is 1. The highest BCUT2D eigenvalue weighted by Crippen LogP contribution is 2.22. The minimum absolute atomic E-state index is 0.00587. The summed E-state index contributed by atoms with van der Waals surface area (Å²) < 4.78 is 13.7. The summed E-state index contributed by atoms with van der Waals surface area (Å²) in [4.78, 5) is 12.0. The van der Waals surface area contributed by atoms with Gasteiger partial charge in [-0.15, -0.1) is 0 Å². The quantitative estimate of drug-likeness (QED) is 0.813. The van der Waals surface area contributed by atoms with Gasteiger partial charge in [-0.05, 0) is 36.2 Å². The zero-order chi connectivity index (χ0) is 15.4. The second-order valence-electron chi connectivity index (χ2n) is 4.57. The van der Waals surface area contributed by atoms with Crippen molar-refractivity contribution in [1.29, 1.82) is 0 Å². The van der Waals surface area contributed by atoms with Crippen molar-refractivity contribution in [2.45, 2.75) is 12.5 Å². The van der Waals surface area contributed by atoms with E-state index in [1.54, 1.807) is 12.1 Å². The van der Waals surface area contributed by atoms with Crippen molar-refractivity contribution >= 4 is 23.2 Å². The number of hydrogen-bond acceptors (Lipinski definition) is 3. The Labute approximate surface area is 126 Å². The van der Waals surface area contributed by atoms with Crippen LogP contribution < -0.4 is 11.1 Å². The fraction of sp³-hybridized carbons (Fsp3) is 0.133. The molecule has 110 valence electrons. The average Bonchev–Trinajstić information content (AvgIpc) is 2.46. The van der Waals surface area contributed by atoms with Crippen LogP contribution in [0, 0.1) is 5.82 Å². The molecule has 2 aromatic rings. The minimum atomic E-state index is -0.840. The summed E-state index contributed by atoms with van der Waals surface area (Å²) in [6.07, 6.45) is 0.272. The number of nitrogens with one attached hydrogen (secondary N) is 1. The molecule has 2 aromatic carbocycles. The Hall–Kier alpha value is -2.11. The van der Waals surface area contributed by atoms with E-state index < -0.39 is 17.8 Å². The largest absolute Gasteiger partial charge is 0.508 e. The number of nitrogens with two attached hydrogens (primary N) is 1. The lowest BCUT2D eigenvalue weighted by Crippen LogP contribution is -2.37. The van der Waals surface area contributed by atoms with Crippen LogP contribution in [0.3, 0.4) is 0 Å². The molecule has 0 aliphatic rings. The summed E-state index contributed by atoms with van der Waals surface area (Å²) >= 11 is 5.64. The van der Waals surface area contributed by atoms with Crippen LogP contribution in [0.1, 0.15) is 5.56 Å². The summed E-state index contributed by atoms with van der Waals surface area (Å²) in [6, 6.07) is 9.85. The Morgan fingerprint density at radius 3 is 2.62 bits per heavy atom. The van der Waals surface area contributed by atoms with E-state index >= 15 is 0 Å². The molecular weight excluding hydrogens is 295 g/mol. The van der Waals surface area contributed by atoms with E-state index in [1.807, 2.05) is 0 Å². The molecule has 1 atom stereocenters. The van der Waals surface area contributed by atoms with Crippen molar-refractivity contribution in [3.05, 3.63) is 58.9 Å². The monoisotopic (exact) mass is 308 g/mol. The minimum Gasteiger partial charge on any atom is -0.508 e. The molecule has 2 rings (SSSR count). The fourth-order valence-corrected chi connectivity index (χ4v) is 1.98. The van der Waals surface area contributed by atoms with Gasteiger partial charge in [-0.1, -0.05) is 29.8 Å². The Morgan fingerprint density at radius 1 is 1.29 bits per heavy atom. The van der Waals surface area contributed by atoms with Crippen molar-refractivity contribution in [3.8, 4) is 5.75 Å². The van der Waals surface area contributed by atoms with Crippen LogP contribution in [-0.2, 0) is 11.2 Å². The van der Waals surface area contributed by atoms with Crippen LogP contribution in [0.4, 0.5) is 10.1 Å². The molecule has 0 bridgehead atoms. The second-order valence-corrected chi connectivity index (χ2v) is 4.97. The first-order valence-electron chi connectivity index (χ1n) is 6.25. The highest BCUT2D eigenvalue weighted by Gasteiger charge is 2.16. The van der Waals surface area contributed by atoms with Gasteiger partial charge in [0.1, 0.15) is 5.75 Å². The first-order valence-corrected chi connectivity index (χ1v) is 6.63. The van der Waals surface area contributed by atoms with Crippen molar-refractivity contribution in [3.63, 3.8) is 0 Å². The van der Waals surface area contributed by atoms with Gasteiger partial charge in [0.25, 0.3) is 0 Å². The Kier molecular flexibility index (Phi) is 4.77. The van der Waals surface area contributed by atoms with Gasteiger partial charge in [-0.3, -0.25) is 4.79 Å². The van der Waals surface area contributed by atoms with Crippen LogP contribution in [0.25, 0.3) is 0 Å². The summed E-state index contributed by atoms with van der Waals surface area (Å²) in [5, 5.41) is 11.5. The molecule has 0 radical (unpaired) electrons. The zero-order valence-corrected chi connectivity index (χ0v) is 11.8. The molecule has 4 nitrogen and oxygen atoms in total. The van der Waals surface area contributed by atoms with Gasteiger partial charge in [0.2, 0.25) is 5.91 Å². The number of phenolic OH excluding ortho intramolecular Hbond substituents is 1. The lowest BCUT2D eigenvalue weighted by atomic mass is 10.1. The van der Waals surface area contributed by atoms with E-state index in [2.05, 4.69) is 5.32 Å². The van der Waals surface area contributed by atoms with E-state index in [9.17, 15) is 14.3 Å². The number of rotatable bonds is 4. The zero-order valence-electron chi connectivity index (χ0n) is 11.0. The summed E-state index contributed by atoms with van der Waals surface area (Å²) in [6.45, 7) is 0. The maximum atomic E-state index is 13.7. The van der Waals surface area contributed by atoms with Gasteiger partial charge in [0.15, 0.2) is 5.82 Å². The molecule has 4 N–H and O–H groups in total. The van der Waals surface area contributed by atoms with Crippen molar-refractivity contribution in [2.75, 3.05) is 5.32 Å². The van der Waals surface area contributed by atoms with E-state index in [-0.39, 0.29) is 22.9 Å². The highest BCUT2D eigenvalue weighted by atomic mass is 35.5. The normalized spacial score (nSPS) is 12.0. The third kappa shape index (κ3) is 3.93. The third-order valence-corrected chi connectivity index (χ3v) is 3.23. The van der Waals surface area contributed by atoms with Crippen LogP contribution in [0.15, 0.2) is 42.5 Å². The molecule has 0 saturated carbocycles. The molecular formula is C15H14ClFN2O2. The smallest absolute Gasteiger partial charge is 0.241 e. The first-order chi connectivity index (χ1) is 9.97. The number of hydrogen-bond donors (Lipinski definition) is 3. The van der Waals surface area contributed by atoms with Gasteiger partial charge in [-0.25, -0.2) is 4.39 Å². The molecule has 0 heterocycles. The van der Waals surface area contributed by atoms with E-state index in [4.69, 9.17) is 17.3 Å². The van der Waals surface area contributed by atoms with Crippen molar-refractivity contribution < 1.29 is 14.3 Å². The molecule has 0 aromatic heterocycles. The SMILES string of the molecule is N[C@H](Cc1ccc(O)cc1)C(=O)Nc1cccc(Cl)c1F. The number of halogens is 2. The molecule has 1 amide bonds.